The highest BCUT2D eigenvalue weighted by Crippen LogP contribution is 2.19. The lowest BCUT2D eigenvalue weighted by atomic mass is 10.0. The molecule has 1 aliphatic rings. The van der Waals surface area contributed by atoms with Crippen LogP contribution in [-0.4, -0.2) is 45.9 Å². The molecule has 1 aromatic heterocycles. The smallest absolute Gasteiger partial charge is 0.242 e. The maximum Gasteiger partial charge on any atom is 0.242 e. The van der Waals surface area contributed by atoms with E-state index >= 15 is 0 Å². The predicted octanol–water partition coefficient (Wildman–Crippen LogP) is 3.92. The Morgan fingerprint density at radius 1 is 1.07 bits per heavy atom. The summed E-state index contributed by atoms with van der Waals surface area (Å²) in [5.41, 5.74) is 2.00. The highest BCUT2D eigenvalue weighted by Gasteiger charge is 2.20. The molecule has 0 bridgehead atoms. The molecule has 3 rings (SSSR count). The fourth-order valence-electron chi connectivity index (χ4n) is 4.29. The van der Waals surface area contributed by atoms with E-state index in [1.807, 2.05) is 23.1 Å². The molecule has 0 saturated carbocycles. The molecule has 2 amide bonds. The van der Waals surface area contributed by atoms with E-state index in [1.165, 1.54) is 0 Å². The third-order valence-electron chi connectivity index (χ3n) is 6.22. The van der Waals surface area contributed by atoms with E-state index in [1.54, 1.807) is 0 Å². The predicted molar refractivity (Wildman–Crippen MR) is 120 cm³/mol. The molecule has 1 aromatic carbocycles. The van der Waals surface area contributed by atoms with Crippen LogP contribution >= 0.6 is 0 Å². The number of rotatable bonds is 11. The van der Waals surface area contributed by atoms with Crippen LogP contribution in [0.25, 0.3) is 11.0 Å². The van der Waals surface area contributed by atoms with Crippen LogP contribution in [0.15, 0.2) is 24.3 Å². The molecule has 6 heteroatoms. The van der Waals surface area contributed by atoms with Gasteiger partial charge in [-0.3, -0.25) is 9.59 Å². The van der Waals surface area contributed by atoms with E-state index in [9.17, 15) is 9.59 Å². The highest BCUT2D eigenvalue weighted by molar-refractivity contribution is 5.81. The van der Waals surface area contributed by atoms with Gasteiger partial charge in [-0.05, 0) is 50.7 Å². The number of aromatic nitrogens is 2. The van der Waals surface area contributed by atoms with Crippen molar-refractivity contribution in [2.75, 3.05) is 19.6 Å². The van der Waals surface area contributed by atoms with E-state index in [2.05, 4.69) is 29.8 Å². The van der Waals surface area contributed by atoms with E-state index in [4.69, 9.17) is 4.98 Å². The maximum absolute atomic E-state index is 12.7. The Kier molecular flexibility index (Phi) is 8.29. The van der Waals surface area contributed by atoms with Gasteiger partial charge >= 0.3 is 0 Å². The number of nitrogens with one attached hydrogen (secondary N) is 1. The summed E-state index contributed by atoms with van der Waals surface area (Å²) in [4.78, 5) is 31.6. The number of hydrogen-bond acceptors (Lipinski definition) is 3. The first-order valence-electron chi connectivity index (χ1n) is 11.6. The van der Waals surface area contributed by atoms with Crippen molar-refractivity contribution in [2.24, 2.45) is 5.92 Å². The number of para-hydroxylation sites is 2. The fourth-order valence-corrected chi connectivity index (χ4v) is 4.29. The van der Waals surface area contributed by atoms with Crippen molar-refractivity contribution in [3.8, 4) is 0 Å². The Labute approximate surface area is 180 Å². The van der Waals surface area contributed by atoms with Crippen LogP contribution in [-0.2, 0) is 22.6 Å². The zero-order chi connectivity index (χ0) is 21.3. The SMILES string of the molecule is CCC(CC)C(=O)NCCCCCc1nc2ccccc2n1CC(=O)N1CCCC1. The number of aryl methyl sites for hydroxylation is 1. The van der Waals surface area contributed by atoms with Crippen LogP contribution in [0.3, 0.4) is 0 Å². The lowest BCUT2D eigenvalue weighted by Crippen LogP contribution is -2.31. The molecule has 2 aromatic rings. The topological polar surface area (TPSA) is 67.2 Å². The fraction of sp³-hybridized carbons (Fsp3) is 0.625. The van der Waals surface area contributed by atoms with Crippen molar-refractivity contribution in [1.29, 1.82) is 0 Å². The summed E-state index contributed by atoms with van der Waals surface area (Å²) >= 11 is 0. The number of benzene rings is 1. The molecular formula is C24H36N4O2. The molecule has 1 N–H and O–H groups in total. The normalized spacial score (nSPS) is 14.0. The van der Waals surface area contributed by atoms with Crippen molar-refractivity contribution < 1.29 is 9.59 Å². The van der Waals surface area contributed by atoms with Crippen LogP contribution in [0.5, 0.6) is 0 Å². The van der Waals surface area contributed by atoms with Gasteiger partial charge in [0.25, 0.3) is 0 Å². The molecule has 2 heterocycles. The van der Waals surface area contributed by atoms with Gasteiger partial charge in [-0.15, -0.1) is 0 Å². The van der Waals surface area contributed by atoms with Gasteiger partial charge in [0.15, 0.2) is 0 Å². The first-order valence-corrected chi connectivity index (χ1v) is 11.6. The largest absolute Gasteiger partial charge is 0.356 e. The van der Waals surface area contributed by atoms with Crippen LogP contribution in [0.2, 0.25) is 0 Å². The number of nitrogens with zero attached hydrogens (tertiary/aromatic N) is 3. The van der Waals surface area contributed by atoms with Gasteiger partial charge in [-0.2, -0.15) is 0 Å². The maximum atomic E-state index is 12.7. The summed E-state index contributed by atoms with van der Waals surface area (Å²) in [5.74, 6) is 1.51. The molecular weight excluding hydrogens is 376 g/mol. The van der Waals surface area contributed by atoms with E-state index in [0.29, 0.717) is 6.54 Å². The number of unbranched alkanes of at least 4 members (excludes halogenated alkanes) is 2. The van der Waals surface area contributed by atoms with E-state index < -0.39 is 0 Å². The van der Waals surface area contributed by atoms with Crippen molar-refractivity contribution in [1.82, 2.24) is 19.8 Å². The molecule has 30 heavy (non-hydrogen) atoms. The van der Waals surface area contributed by atoms with Crippen LogP contribution in [0, 0.1) is 5.92 Å². The number of hydrogen-bond donors (Lipinski definition) is 1. The second kappa shape index (κ2) is 11.1. The summed E-state index contributed by atoms with van der Waals surface area (Å²) in [6.45, 7) is 7.00. The number of amides is 2. The van der Waals surface area contributed by atoms with Crippen molar-refractivity contribution in [3.05, 3.63) is 30.1 Å². The Morgan fingerprint density at radius 2 is 1.80 bits per heavy atom. The average Bonchev–Trinajstić information content (AvgIpc) is 3.40. The quantitative estimate of drug-likeness (QED) is 0.569. The van der Waals surface area contributed by atoms with E-state index in [0.717, 1.165) is 87.9 Å². The minimum absolute atomic E-state index is 0.137. The van der Waals surface area contributed by atoms with Crippen molar-refractivity contribution >= 4 is 22.8 Å². The van der Waals surface area contributed by atoms with Crippen LogP contribution in [0.1, 0.15) is 64.6 Å². The van der Waals surface area contributed by atoms with E-state index in [-0.39, 0.29) is 17.7 Å². The average molecular weight is 413 g/mol. The molecule has 0 unspecified atom stereocenters. The van der Waals surface area contributed by atoms with Gasteiger partial charge in [0.1, 0.15) is 12.4 Å². The molecule has 6 nitrogen and oxygen atoms in total. The number of carbonyl (C=O) groups excluding carboxylic acids is 2. The van der Waals surface area contributed by atoms with Crippen LogP contribution in [0.4, 0.5) is 0 Å². The molecule has 1 saturated heterocycles. The zero-order valence-electron chi connectivity index (χ0n) is 18.5. The Morgan fingerprint density at radius 3 is 2.53 bits per heavy atom. The van der Waals surface area contributed by atoms with Crippen LogP contribution < -0.4 is 5.32 Å². The minimum atomic E-state index is 0.137. The first-order chi connectivity index (χ1) is 14.6. The lowest BCUT2D eigenvalue weighted by molar-refractivity contribution is -0.130. The van der Waals surface area contributed by atoms with Gasteiger partial charge in [0.2, 0.25) is 11.8 Å². The summed E-state index contributed by atoms with van der Waals surface area (Å²) in [6.07, 6.45) is 7.87. The van der Waals surface area contributed by atoms with Gasteiger partial charge < -0.3 is 14.8 Å². The molecule has 0 spiro atoms. The lowest BCUT2D eigenvalue weighted by Gasteiger charge is -2.17. The second-order valence-electron chi connectivity index (χ2n) is 8.31. The number of likely N-dealkylation sites (tertiary alicyclic amines) is 1. The monoisotopic (exact) mass is 412 g/mol. The number of carbonyl (C=O) groups is 2. The zero-order valence-corrected chi connectivity index (χ0v) is 18.5. The van der Waals surface area contributed by atoms with Crippen molar-refractivity contribution in [3.63, 3.8) is 0 Å². The Bertz CT molecular complexity index is 835. The summed E-state index contributed by atoms with van der Waals surface area (Å²) in [7, 11) is 0. The molecule has 164 valence electrons. The second-order valence-corrected chi connectivity index (χ2v) is 8.31. The number of fused-ring (bicyclic) bond motifs is 1. The molecule has 0 aliphatic carbocycles. The summed E-state index contributed by atoms with van der Waals surface area (Å²) in [6, 6.07) is 8.07. The summed E-state index contributed by atoms with van der Waals surface area (Å²) in [5, 5.41) is 3.06. The Hall–Kier alpha value is -2.37. The third-order valence-corrected chi connectivity index (χ3v) is 6.22. The minimum Gasteiger partial charge on any atom is -0.356 e. The van der Waals surface area contributed by atoms with Gasteiger partial charge in [-0.25, -0.2) is 4.98 Å². The third kappa shape index (κ3) is 5.61. The number of imidazole rings is 1. The molecule has 0 radical (unpaired) electrons. The molecule has 1 fully saturated rings. The first kappa shape index (κ1) is 22.3. The van der Waals surface area contributed by atoms with Crippen molar-refractivity contribution in [2.45, 2.75) is 71.8 Å². The standard InChI is InChI=1S/C24H36N4O2/c1-3-19(4-2)24(30)25-15-9-5-6-14-22-26-20-12-7-8-13-21(20)28(22)18-23(29)27-16-10-11-17-27/h7-8,12-13,19H,3-6,9-11,14-18H2,1-2H3,(H,25,30). The van der Waals surface area contributed by atoms with Gasteiger partial charge in [0.05, 0.1) is 11.0 Å². The highest BCUT2D eigenvalue weighted by atomic mass is 16.2. The molecule has 0 atom stereocenters. The molecule has 1 aliphatic heterocycles. The summed E-state index contributed by atoms with van der Waals surface area (Å²) < 4.78 is 2.10. The Balaban J connectivity index is 1.53. The van der Waals surface area contributed by atoms with Gasteiger partial charge in [0, 0.05) is 32.0 Å². The van der Waals surface area contributed by atoms with Gasteiger partial charge in [-0.1, -0.05) is 32.4 Å².